The monoisotopic (exact) mass is 257 g/mol. The maximum Gasteiger partial charge on any atom is 0.0302 e. The van der Waals surface area contributed by atoms with Crippen molar-refractivity contribution in [1.82, 2.24) is 5.32 Å². The van der Waals surface area contributed by atoms with Crippen LogP contribution in [0.4, 0.5) is 0 Å². The molecule has 0 aliphatic heterocycles. The molecule has 1 N–H and O–H groups in total. The van der Waals surface area contributed by atoms with E-state index in [-0.39, 0.29) is 0 Å². The van der Waals surface area contributed by atoms with Crippen LogP contribution in [0.3, 0.4) is 0 Å². The van der Waals surface area contributed by atoms with Crippen molar-refractivity contribution in [2.45, 2.75) is 40.2 Å². The summed E-state index contributed by atoms with van der Waals surface area (Å²) in [6.45, 7) is 10.0. The van der Waals surface area contributed by atoms with Gasteiger partial charge in [-0.15, -0.1) is 11.3 Å². The molecule has 1 atom stereocenters. The highest BCUT2D eigenvalue weighted by Crippen LogP contribution is 2.25. The summed E-state index contributed by atoms with van der Waals surface area (Å²) in [5.41, 5.74) is 1.48. The fourth-order valence-electron chi connectivity index (χ4n) is 1.83. The van der Waals surface area contributed by atoms with Crippen molar-refractivity contribution < 1.29 is 0 Å². The fraction of sp³-hybridized carbons (Fsp3) is 0.692. The van der Waals surface area contributed by atoms with E-state index in [1.807, 2.05) is 23.1 Å². The van der Waals surface area contributed by atoms with Gasteiger partial charge in [0.1, 0.15) is 0 Å². The Labute approximate surface area is 108 Å². The molecule has 1 heterocycles. The Kier molecular flexibility index (Phi) is 6.47. The maximum absolute atomic E-state index is 3.61. The van der Waals surface area contributed by atoms with Crippen molar-refractivity contribution in [1.29, 1.82) is 0 Å². The Morgan fingerprint density at radius 3 is 2.75 bits per heavy atom. The third-order valence-corrected chi connectivity index (χ3v) is 4.63. The fourth-order valence-corrected chi connectivity index (χ4v) is 3.49. The van der Waals surface area contributed by atoms with Crippen LogP contribution >= 0.6 is 23.1 Å². The lowest BCUT2D eigenvalue weighted by molar-refractivity contribution is 0.572. The Hall–Kier alpha value is 0.01000. The van der Waals surface area contributed by atoms with Crippen molar-refractivity contribution >= 4 is 23.1 Å². The molecule has 0 spiro atoms. The average molecular weight is 257 g/mol. The summed E-state index contributed by atoms with van der Waals surface area (Å²) in [6.07, 6.45) is 1.27. The van der Waals surface area contributed by atoms with E-state index in [0.29, 0.717) is 6.04 Å². The van der Waals surface area contributed by atoms with Crippen LogP contribution in [0.15, 0.2) is 6.07 Å². The van der Waals surface area contributed by atoms with Gasteiger partial charge in [-0.3, -0.25) is 0 Å². The number of nitrogens with one attached hydrogen (secondary N) is 1. The van der Waals surface area contributed by atoms with Crippen LogP contribution in [-0.4, -0.2) is 18.1 Å². The first-order valence-electron chi connectivity index (χ1n) is 6.03. The molecule has 0 saturated carbocycles. The van der Waals surface area contributed by atoms with Gasteiger partial charge in [0.05, 0.1) is 0 Å². The Bertz CT molecular complexity index is 307. The predicted molar refractivity (Wildman–Crippen MR) is 77.8 cm³/mol. The minimum atomic E-state index is 0.497. The highest BCUT2D eigenvalue weighted by Gasteiger charge is 2.09. The van der Waals surface area contributed by atoms with Crippen LogP contribution in [0.5, 0.6) is 0 Å². The van der Waals surface area contributed by atoms with Crippen LogP contribution in [0, 0.1) is 13.8 Å². The van der Waals surface area contributed by atoms with E-state index in [4.69, 9.17) is 0 Å². The van der Waals surface area contributed by atoms with Gasteiger partial charge in [-0.2, -0.15) is 11.8 Å². The lowest BCUT2D eigenvalue weighted by atomic mass is 10.1. The van der Waals surface area contributed by atoms with Crippen LogP contribution in [0.1, 0.15) is 41.6 Å². The van der Waals surface area contributed by atoms with E-state index in [2.05, 4.69) is 39.1 Å². The van der Waals surface area contributed by atoms with E-state index in [1.165, 1.54) is 33.2 Å². The second kappa shape index (κ2) is 7.36. The number of rotatable bonds is 7. The van der Waals surface area contributed by atoms with Crippen LogP contribution in [0.25, 0.3) is 0 Å². The topological polar surface area (TPSA) is 12.0 Å². The molecule has 1 aromatic heterocycles. The molecule has 0 radical (unpaired) electrons. The number of thioether (sulfide) groups is 1. The average Bonchev–Trinajstić information content (AvgIpc) is 2.57. The summed E-state index contributed by atoms with van der Waals surface area (Å²) in [5, 5.41) is 3.61. The van der Waals surface area contributed by atoms with Gasteiger partial charge in [-0.1, -0.05) is 6.92 Å². The molecule has 0 aliphatic rings. The smallest absolute Gasteiger partial charge is 0.0302 e. The van der Waals surface area contributed by atoms with Crippen LogP contribution in [0.2, 0.25) is 0 Å². The first-order chi connectivity index (χ1) is 7.65. The molecule has 0 bridgehead atoms. The summed E-state index contributed by atoms with van der Waals surface area (Å²) >= 11 is 3.93. The SMILES string of the molecule is CCSCCCNC(C)c1cc(C)sc1C. The first-order valence-corrected chi connectivity index (χ1v) is 8.00. The molecule has 16 heavy (non-hydrogen) atoms. The van der Waals surface area contributed by atoms with Gasteiger partial charge in [0.25, 0.3) is 0 Å². The van der Waals surface area contributed by atoms with Gasteiger partial charge in [0.2, 0.25) is 0 Å². The Balaban J connectivity index is 2.29. The molecule has 0 aliphatic carbocycles. The van der Waals surface area contributed by atoms with Gasteiger partial charge < -0.3 is 5.32 Å². The van der Waals surface area contributed by atoms with Gasteiger partial charge in [-0.05, 0) is 56.9 Å². The van der Waals surface area contributed by atoms with Crippen molar-refractivity contribution in [2.75, 3.05) is 18.1 Å². The van der Waals surface area contributed by atoms with Crippen molar-refractivity contribution in [3.63, 3.8) is 0 Å². The second-order valence-electron chi connectivity index (χ2n) is 4.09. The van der Waals surface area contributed by atoms with Crippen molar-refractivity contribution in [3.8, 4) is 0 Å². The molecule has 1 aromatic rings. The van der Waals surface area contributed by atoms with Gasteiger partial charge in [0.15, 0.2) is 0 Å². The minimum Gasteiger partial charge on any atom is -0.310 e. The zero-order valence-electron chi connectivity index (χ0n) is 10.8. The molecule has 0 aromatic carbocycles. The van der Waals surface area contributed by atoms with Crippen molar-refractivity contribution in [3.05, 3.63) is 21.4 Å². The van der Waals surface area contributed by atoms with Gasteiger partial charge in [0, 0.05) is 15.8 Å². The number of thiophene rings is 1. The molecule has 0 saturated heterocycles. The molecule has 92 valence electrons. The third kappa shape index (κ3) is 4.48. The predicted octanol–water partition coefficient (Wildman–Crippen LogP) is 4.16. The lowest BCUT2D eigenvalue weighted by Crippen LogP contribution is -2.20. The summed E-state index contributed by atoms with van der Waals surface area (Å²) < 4.78 is 0. The quantitative estimate of drug-likeness (QED) is 0.736. The zero-order chi connectivity index (χ0) is 12.0. The minimum absolute atomic E-state index is 0.497. The zero-order valence-corrected chi connectivity index (χ0v) is 12.4. The van der Waals surface area contributed by atoms with E-state index < -0.39 is 0 Å². The van der Waals surface area contributed by atoms with Crippen LogP contribution < -0.4 is 5.32 Å². The molecule has 1 rings (SSSR count). The summed E-state index contributed by atoms with van der Waals surface area (Å²) in [6, 6.07) is 2.81. The van der Waals surface area contributed by atoms with Gasteiger partial charge in [-0.25, -0.2) is 0 Å². The molecule has 3 heteroatoms. The van der Waals surface area contributed by atoms with E-state index in [1.54, 1.807) is 0 Å². The Morgan fingerprint density at radius 1 is 1.44 bits per heavy atom. The third-order valence-electron chi connectivity index (χ3n) is 2.67. The van der Waals surface area contributed by atoms with E-state index >= 15 is 0 Å². The summed E-state index contributed by atoms with van der Waals surface area (Å²) in [4.78, 5) is 2.88. The second-order valence-corrected chi connectivity index (χ2v) is 6.95. The lowest BCUT2D eigenvalue weighted by Gasteiger charge is -2.13. The highest BCUT2D eigenvalue weighted by molar-refractivity contribution is 7.99. The molecular weight excluding hydrogens is 234 g/mol. The number of hydrogen-bond donors (Lipinski definition) is 1. The standard InChI is InChI=1S/C13H23NS2/c1-5-15-8-6-7-14-11(3)13-9-10(2)16-12(13)4/h9,11,14H,5-8H2,1-4H3. The molecule has 0 fully saturated rings. The number of aryl methyl sites for hydroxylation is 2. The molecule has 1 nitrogen and oxygen atoms in total. The molecule has 0 amide bonds. The first kappa shape index (κ1) is 14.1. The normalized spacial score (nSPS) is 13.0. The summed E-state index contributed by atoms with van der Waals surface area (Å²) in [7, 11) is 0. The van der Waals surface area contributed by atoms with E-state index in [9.17, 15) is 0 Å². The van der Waals surface area contributed by atoms with Crippen molar-refractivity contribution in [2.24, 2.45) is 0 Å². The maximum atomic E-state index is 3.61. The van der Waals surface area contributed by atoms with Gasteiger partial charge >= 0.3 is 0 Å². The number of hydrogen-bond acceptors (Lipinski definition) is 3. The largest absolute Gasteiger partial charge is 0.310 e. The highest BCUT2D eigenvalue weighted by atomic mass is 32.2. The Morgan fingerprint density at radius 2 is 2.19 bits per heavy atom. The summed E-state index contributed by atoms with van der Waals surface area (Å²) in [5.74, 6) is 2.51. The van der Waals surface area contributed by atoms with Crippen LogP contribution in [-0.2, 0) is 0 Å². The molecule has 1 unspecified atom stereocenters. The molecular formula is C13H23NS2. The van der Waals surface area contributed by atoms with E-state index in [0.717, 1.165) is 6.54 Å².